The Bertz CT molecular complexity index is 3850. The Morgan fingerprint density at radius 3 is 1.21 bits per heavy atom. The quantitative estimate of drug-likeness (QED) is 0.153. The first-order valence-electron chi connectivity index (χ1n) is 20.7. The molecule has 0 aliphatic carbocycles. The van der Waals surface area contributed by atoms with Gasteiger partial charge in [-0.3, -0.25) is 0 Å². The third kappa shape index (κ3) is 6.35. The molecule has 0 unspecified atom stereocenters. The van der Waals surface area contributed by atoms with Gasteiger partial charge in [-0.1, -0.05) is 91.0 Å². The molecule has 3 aromatic heterocycles. The molecular formula is C56H28N10. The minimum atomic E-state index is 0.437. The fourth-order valence-electron chi connectivity index (χ4n) is 8.85. The molecule has 0 saturated carbocycles. The van der Waals surface area contributed by atoms with Crippen molar-refractivity contribution in [1.29, 1.82) is 15.8 Å². The van der Waals surface area contributed by atoms with Crippen LogP contribution >= 0.6 is 0 Å². The van der Waals surface area contributed by atoms with Crippen LogP contribution in [0, 0.1) is 47.1 Å². The van der Waals surface area contributed by atoms with Crippen LogP contribution in [0.1, 0.15) is 16.7 Å². The summed E-state index contributed by atoms with van der Waals surface area (Å²) in [5.41, 5.74) is 10.9. The zero-order chi connectivity index (χ0) is 44.9. The van der Waals surface area contributed by atoms with Crippen LogP contribution in [-0.4, -0.2) is 24.1 Å². The smallest absolute Gasteiger partial charge is 0.188 e. The van der Waals surface area contributed by atoms with Gasteiger partial charge in [0.05, 0.1) is 81.5 Å². The predicted molar refractivity (Wildman–Crippen MR) is 257 cm³/mol. The van der Waals surface area contributed by atoms with Gasteiger partial charge in [-0.2, -0.15) is 15.8 Å². The Kier molecular flexibility index (Phi) is 9.17. The molecule has 0 atom stereocenters. The summed E-state index contributed by atoms with van der Waals surface area (Å²) in [6.07, 6.45) is 0. The molecule has 0 amide bonds. The fraction of sp³-hybridized carbons (Fsp3) is 0. The zero-order valence-corrected chi connectivity index (χ0v) is 34.6. The van der Waals surface area contributed by atoms with Crippen LogP contribution in [0.3, 0.4) is 0 Å². The van der Waals surface area contributed by atoms with Gasteiger partial charge in [0, 0.05) is 38.6 Å². The monoisotopic (exact) mass is 840 g/mol. The first-order valence-corrected chi connectivity index (χ1v) is 20.7. The highest BCUT2D eigenvalue weighted by Gasteiger charge is 2.23. The van der Waals surface area contributed by atoms with Crippen LogP contribution in [0.4, 0.5) is 11.4 Å². The van der Waals surface area contributed by atoms with Gasteiger partial charge in [-0.25, -0.2) is 24.6 Å². The first kappa shape index (κ1) is 38.7. The van der Waals surface area contributed by atoms with E-state index in [1.165, 1.54) is 0 Å². The maximum atomic E-state index is 10.4. The van der Waals surface area contributed by atoms with Crippen LogP contribution in [0.5, 0.6) is 0 Å². The lowest BCUT2D eigenvalue weighted by Crippen LogP contribution is -2.04. The van der Waals surface area contributed by atoms with E-state index in [4.69, 9.17) is 28.1 Å². The summed E-state index contributed by atoms with van der Waals surface area (Å²) < 4.78 is 4.23. The van der Waals surface area contributed by atoms with Crippen molar-refractivity contribution in [3.63, 3.8) is 0 Å². The lowest BCUT2D eigenvalue weighted by Gasteiger charge is -2.20. The highest BCUT2D eigenvalue weighted by atomic mass is 15.0. The van der Waals surface area contributed by atoms with Crippen LogP contribution in [0.25, 0.3) is 110 Å². The van der Waals surface area contributed by atoms with Gasteiger partial charge in [0.25, 0.3) is 0 Å². The van der Waals surface area contributed by atoms with Crippen LogP contribution in [-0.2, 0) is 0 Å². The summed E-state index contributed by atoms with van der Waals surface area (Å²) in [5, 5.41) is 33.5. The molecule has 10 heteroatoms. The summed E-state index contributed by atoms with van der Waals surface area (Å²) in [5.74, 6) is 1.48. The lowest BCUT2D eigenvalue weighted by atomic mass is 9.97. The van der Waals surface area contributed by atoms with Crippen molar-refractivity contribution in [3.05, 3.63) is 209 Å². The summed E-state index contributed by atoms with van der Waals surface area (Å²) in [6, 6.07) is 60.3. The molecule has 11 aromatic rings. The van der Waals surface area contributed by atoms with E-state index in [2.05, 4.69) is 43.1 Å². The summed E-state index contributed by atoms with van der Waals surface area (Å²) in [6.45, 7) is 15.8. The van der Waals surface area contributed by atoms with Gasteiger partial charge in [-0.05, 0) is 89.6 Å². The van der Waals surface area contributed by atoms with E-state index in [0.717, 1.165) is 71.6 Å². The van der Waals surface area contributed by atoms with E-state index < -0.39 is 0 Å². The largest absolute Gasteiger partial charge is 0.309 e. The van der Waals surface area contributed by atoms with Gasteiger partial charge in [0.2, 0.25) is 0 Å². The fourth-order valence-corrected chi connectivity index (χ4v) is 8.85. The molecule has 0 aliphatic heterocycles. The SMILES string of the molecule is [C-]#[N+]c1ccc2c(c1)c1cc([N+]#[C-])ccc1n2-c1cc(-c2nc(-c3ccccc3)nc(-c3ccccc3)n2)ccc1-c1ccc(C#N)cc1-n1c2ccc(C#N)cc2c2cc(C#N)ccc21. The van der Waals surface area contributed by atoms with E-state index in [1.807, 2.05) is 133 Å². The standard InChI is InChI=1S/C56H28N10/c1-60-40-17-23-50-46(29-40)47-30-41(61-2)18-24-51(47)66(50)53-28-39(56-63-54(37-9-5-3-6-10-37)62-55(64-56)38-11-7-4-8-12-38)16-20-43(53)42-19-13-36(33-59)27-52(42)65-48-21-14-34(31-57)25-44(48)45-26-35(32-58)15-22-49(45)65/h3-30H. The van der Waals surface area contributed by atoms with Crippen molar-refractivity contribution >= 4 is 55.0 Å². The molecule has 0 bridgehead atoms. The molecule has 0 radical (unpaired) electrons. The van der Waals surface area contributed by atoms with E-state index in [-0.39, 0.29) is 0 Å². The number of rotatable bonds is 6. The Morgan fingerprint density at radius 1 is 0.379 bits per heavy atom. The Hall–Kier alpha value is -10.2. The van der Waals surface area contributed by atoms with Crippen LogP contribution in [0.15, 0.2) is 170 Å². The van der Waals surface area contributed by atoms with E-state index >= 15 is 0 Å². The maximum Gasteiger partial charge on any atom is 0.188 e. The lowest BCUT2D eigenvalue weighted by molar-refractivity contribution is 1.07. The summed E-state index contributed by atoms with van der Waals surface area (Å²) in [7, 11) is 0. The second-order valence-electron chi connectivity index (χ2n) is 15.6. The third-order valence-corrected chi connectivity index (χ3v) is 11.9. The van der Waals surface area contributed by atoms with Gasteiger partial charge in [0.15, 0.2) is 28.8 Å². The number of hydrogen-bond acceptors (Lipinski definition) is 6. The predicted octanol–water partition coefficient (Wildman–Crippen LogP) is 13.5. The zero-order valence-electron chi connectivity index (χ0n) is 34.6. The maximum absolute atomic E-state index is 10.4. The third-order valence-electron chi connectivity index (χ3n) is 11.9. The minimum Gasteiger partial charge on any atom is -0.309 e. The topological polar surface area (TPSA) is 129 Å². The Balaban J connectivity index is 1.25. The summed E-state index contributed by atoms with van der Waals surface area (Å²) >= 11 is 0. The van der Waals surface area contributed by atoms with E-state index in [0.29, 0.717) is 56.8 Å². The minimum absolute atomic E-state index is 0.437. The number of aromatic nitrogens is 5. The van der Waals surface area contributed by atoms with E-state index in [9.17, 15) is 15.8 Å². The highest BCUT2D eigenvalue weighted by molar-refractivity contribution is 6.13. The van der Waals surface area contributed by atoms with Gasteiger partial charge in [0.1, 0.15) is 0 Å². The number of fused-ring (bicyclic) bond motifs is 6. The van der Waals surface area contributed by atoms with Gasteiger partial charge >= 0.3 is 0 Å². The number of nitriles is 3. The molecule has 302 valence electrons. The number of nitrogens with zero attached hydrogens (tertiary/aromatic N) is 10. The van der Waals surface area contributed by atoms with Crippen molar-refractivity contribution in [1.82, 2.24) is 24.1 Å². The molecule has 0 spiro atoms. The highest BCUT2D eigenvalue weighted by Crippen LogP contribution is 2.44. The molecule has 8 aromatic carbocycles. The van der Waals surface area contributed by atoms with E-state index in [1.54, 1.807) is 30.3 Å². The van der Waals surface area contributed by atoms with Crippen molar-refractivity contribution in [2.24, 2.45) is 0 Å². The molecule has 0 N–H and O–H groups in total. The molecule has 0 saturated heterocycles. The molecule has 10 nitrogen and oxygen atoms in total. The molecule has 66 heavy (non-hydrogen) atoms. The molecule has 3 heterocycles. The molecule has 0 fully saturated rings. The first-order chi connectivity index (χ1) is 32.5. The average Bonchev–Trinajstić information content (AvgIpc) is 3.89. The van der Waals surface area contributed by atoms with Crippen LogP contribution < -0.4 is 0 Å². The normalized spacial score (nSPS) is 11.0. The van der Waals surface area contributed by atoms with Crippen molar-refractivity contribution < 1.29 is 0 Å². The average molecular weight is 841 g/mol. The summed E-state index contributed by atoms with van der Waals surface area (Å²) in [4.78, 5) is 22.6. The Labute approximate surface area is 377 Å². The van der Waals surface area contributed by atoms with Gasteiger partial charge in [-0.15, -0.1) is 0 Å². The van der Waals surface area contributed by atoms with Crippen LogP contribution in [0.2, 0.25) is 0 Å². The van der Waals surface area contributed by atoms with Crippen molar-refractivity contribution in [2.75, 3.05) is 0 Å². The second-order valence-corrected chi connectivity index (χ2v) is 15.6. The van der Waals surface area contributed by atoms with Crippen molar-refractivity contribution in [2.45, 2.75) is 0 Å². The van der Waals surface area contributed by atoms with Gasteiger partial charge < -0.3 is 9.13 Å². The molecule has 0 aliphatic rings. The second kappa shape index (κ2) is 15.6. The van der Waals surface area contributed by atoms with Crippen molar-refractivity contribution in [3.8, 4) is 74.9 Å². The Morgan fingerprint density at radius 2 is 0.758 bits per heavy atom. The molecular weight excluding hydrogens is 813 g/mol. The number of hydrogen-bond donors (Lipinski definition) is 0. The number of benzene rings is 8. The molecule has 11 rings (SSSR count).